The Morgan fingerprint density at radius 3 is 2.67 bits per heavy atom. The Labute approximate surface area is 97.5 Å². The number of nitrogens with zero attached hydrogens (tertiary/aromatic N) is 1. The summed E-state index contributed by atoms with van der Waals surface area (Å²) in [5, 5.41) is 7.47. The molecule has 1 rings (SSSR count). The summed E-state index contributed by atoms with van der Waals surface area (Å²) in [5.74, 6) is 0.961. The second-order valence-electron chi connectivity index (χ2n) is 4.13. The molecule has 0 saturated heterocycles. The Balaban J connectivity index is 2.23. The van der Waals surface area contributed by atoms with Crippen LogP contribution in [-0.2, 0) is 0 Å². The summed E-state index contributed by atoms with van der Waals surface area (Å²) < 4.78 is 0. The van der Waals surface area contributed by atoms with Gasteiger partial charge in [-0.1, -0.05) is 19.8 Å². The van der Waals surface area contributed by atoms with Crippen LogP contribution in [0.25, 0.3) is 0 Å². The molecule has 3 nitrogen and oxygen atoms in total. The van der Waals surface area contributed by atoms with Gasteiger partial charge < -0.3 is 10.6 Å². The average Bonchev–Trinajstić information content (AvgIpc) is 2.76. The fourth-order valence-corrected chi connectivity index (χ4v) is 2.03. The molecule has 1 saturated carbocycles. The van der Waals surface area contributed by atoms with Crippen molar-refractivity contribution in [3.63, 3.8) is 0 Å². The minimum absolute atomic E-state index is 0.632. The zero-order valence-corrected chi connectivity index (χ0v) is 10.9. The second-order valence-corrected chi connectivity index (χ2v) is 5.40. The normalized spacial score (nSPS) is 20.3. The van der Waals surface area contributed by atoms with Crippen LogP contribution in [0, 0.1) is 0 Å². The van der Waals surface area contributed by atoms with Crippen molar-refractivity contribution in [3.05, 3.63) is 0 Å². The molecule has 0 radical (unpaired) electrons. The lowest BCUT2D eigenvalue weighted by atomic mass is 10.2. The predicted molar refractivity (Wildman–Crippen MR) is 69.7 cm³/mol. The highest BCUT2D eigenvalue weighted by atomic mass is 32.2. The Morgan fingerprint density at radius 2 is 2.13 bits per heavy atom. The highest BCUT2D eigenvalue weighted by molar-refractivity contribution is 7.99. The molecule has 1 unspecified atom stereocenters. The van der Waals surface area contributed by atoms with E-state index in [2.05, 4.69) is 28.8 Å². The molecule has 0 spiro atoms. The van der Waals surface area contributed by atoms with Crippen molar-refractivity contribution in [1.29, 1.82) is 0 Å². The quantitative estimate of drug-likeness (QED) is 0.570. The highest BCUT2D eigenvalue weighted by Crippen LogP contribution is 2.17. The van der Waals surface area contributed by atoms with Gasteiger partial charge in [-0.05, 0) is 19.1 Å². The molecule has 1 fully saturated rings. The predicted octanol–water partition coefficient (Wildman–Crippen LogP) is 1.85. The first-order valence-corrected chi connectivity index (χ1v) is 7.05. The van der Waals surface area contributed by atoms with Crippen LogP contribution >= 0.6 is 11.8 Å². The number of thioether (sulfide) groups is 1. The van der Waals surface area contributed by atoms with Crippen molar-refractivity contribution in [1.82, 2.24) is 10.6 Å². The van der Waals surface area contributed by atoms with Crippen molar-refractivity contribution in [3.8, 4) is 0 Å². The van der Waals surface area contributed by atoms with Crippen LogP contribution in [0.2, 0.25) is 0 Å². The Bertz CT molecular complexity index is 200. The van der Waals surface area contributed by atoms with E-state index in [4.69, 9.17) is 0 Å². The van der Waals surface area contributed by atoms with Gasteiger partial charge in [-0.3, -0.25) is 4.99 Å². The smallest absolute Gasteiger partial charge is 0.191 e. The van der Waals surface area contributed by atoms with E-state index in [9.17, 15) is 0 Å². The lowest BCUT2D eigenvalue weighted by Crippen LogP contribution is -2.44. The first-order valence-electron chi connectivity index (χ1n) is 5.76. The van der Waals surface area contributed by atoms with Gasteiger partial charge in [0.2, 0.25) is 0 Å². The number of nitrogens with one attached hydrogen (secondary N) is 2. The summed E-state index contributed by atoms with van der Waals surface area (Å²) in [6.45, 7) is 3.20. The van der Waals surface area contributed by atoms with Gasteiger partial charge in [0.05, 0.1) is 0 Å². The van der Waals surface area contributed by atoms with E-state index in [0.29, 0.717) is 11.3 Å². The molecule has 2 N–H and O–H groups in total. The van der Waals surface area contributed by atoms with Crippen LogP contribution < -0.4 is 10.6 Å². The van der Waals surface area contributed by atoms with Gasteiger partial charge in [0, 0.05) is 24.9 Å². The first-order chi connectivity index (χ1) is 7.26. The molecule has 0 bridgehead atoms. The van der Waals surface area contributed by atoms with Crippen molar-refractivity contribution in [2.24, 2.45) is 4.99 Å². The molecule has 15 heavy (non-hydrogen) atoms. The summed E-state index contributed by atoms with van der Waals surface area (Å²) in [6.07, 6.45) is 7.43. The molecule has 1 aliphatic carbocycles. The van der Waals surface area contributed by atoms with Gasteiger partial charge in [-0.25, -0.2) is 0 Å². The van der Waals surface area contributed by atoms with Gasteiger partial charge in [-0.2, -0.15) is 11.8 Å². The summed E-state index contributed by atoms with van der Waals surface area (Å²) >= 11 is 1.87. The number of aliphatic imine (C=N–C) groups is 1. The number of hydrogen-bond donors (Lipinski definition) is 2. The fourth-order valence-electron chi connectivity index (χ4n) is 1.78. The van der Waals surface area contributed by atoms with Crippen LogP contribution in [-0.4, -0.2) is 37.1 Å². The number of hydrogen-bond acceptors (Lipinski definition) is 2. The number of guanidine groups is 1. The number of rotatable bonds is 4. The van der Waals surface area contributed by atoms with Gasteiger partial charge in [0.25, 0.3) is 0 Å². The first kappa shape index (κ1) is 12.7. The van der Waals surface area contributed by atoms with Crippen molar-refractivity contribution in [2.75, 3.05) is 19.8 Å². The molecule has 0 aromatic rings. The molecule has 0 aromatic carbocycles. The van der Waals surface area contributed by atoms with E-state index < -0.39 is 0 Å². The van der Waals surface area contributed by atoms with Gasteiger partial charge >= 0.3 is 0 Å². The maximum atomic E-state index is 4.24. The molecule has 0 aromatic heterocycles. The second kappa shape index (κ2) is 6.99. The van der Waals surface area contributed by atoms with Crippen LogP contribution in [0.5, 0.6) is 0 Å². The van der Waals surface area contributed by atoms with Crippen LogP contribution in [0.4, 0.5) is 0 Å². The average molecular weight is 229 g/mol. The monoisotopic (exact) mass is 229 g/mol. The topological polar surface area (TPSA) is 36.4 Å². The van der Waals surface area contributed by atoms with Crippen molar-refractivity contribution in [2.45, 2.75) is 43.9 Å². The van der Waals surface area contributed by atoms with E-state index >= 15 is 0 Å². The summed E-state index contributed by atoms with van der Waals surface area (Å²) in [6, 6.07) is 0.640. The summed E-state index contributed by atoms with van der Waals surface area (Å²) in [5.41, 5.74) is 0. The Morgan fingerprint density at radius 1 is 1.47 bits per heavy atom. The van der Waals surface area contributed by atoms with E-state index in [0.717, 1.165) is 12.5 Å². The largest absolute Gasteiger partial charge is 0.355 e. The lowest BCUT2D eigenvalue weighted by Gasteiger charge is -2.18. The Hall–Kier alpha value is -0.380. The van der Waals surface area contributed by atoms with Gasteiger partial charge in [0.1, 0.15) is 0 Å². The Kier molecular flexibility index (Phi) is 5.91. The maximum absolute atomic E-state index is 4.24. The molecule has 1 aliphatic rings. The molecular weight excluding hydrogens is 206 g/mol. The third-order valence-corrected chi connectivity index (χ3v) is 3.85. The molecule has 0 aliphatic heterocycles. The van der Waals surface area contributed by atoms with E-state index in [1.54, 1.807) is 0 Å². The zero-order valence-electron chi connectivity index (χ0n) is 10.0. The minimum Gasteiger partial charge on any atom is -0.355 e. The molecule has 0 amide bonds. The minimum atomic E-state index is 0.632. The van der Waals surface area contributed by atoms with E-state index in [1.807, 2.05) is 18.8 Å². The molecule has 4 heteroatoms. The van der Waals surface area contributed by atoms with Crippen LogP contribution in [0.15, 0.2) is 4.99 Å². The van der Waals surface area contributed by atoms with E-state index in [-0.39, 0.29) is 0 Å². The molecule has 1 atom stereocenters. The SMILES string of the molecule is CN=C(NCC(C)SC)NC1CCCC1. The van der Waals surface area contributed by atoms with Crippen LogP contribution in [0.3, 0.4) is 0 Å². The molecular formula is C11H23N3S. The molecule has 0 heterocycles. The summed E-state index contributed by atoms with van der Waals surface area (Å²) in [7, 11) is 1.84. The third-order valence-electron chi connectivity index (χ3n) is 2.88. The fraction of sp³-hybridized carbons (Fsp3) is 0.909. The zero-order chi connectivity index (χ0) is 11.1. The molecule has 88 valence electrons. The maximum Gasteiger partial charge on any atom is 0.191 e. The summed E-state index contributed by atoms with van der Waals surface area (Å²) in [4.78, 5) is 4.24. The third kappa shape index (κ3) is 4.78. The van der Waals surface area contributed by atoms with E-state index in [1.165, 1.54) is 25.7 Å². The van der Waals surface area contributed by atoms with Crippen molar-refractivity contribution < 1.29 is 0 Å². The van der Waals surface area contributed by atoms with Crippen LogP contribution in [0.1, 0.15) is 32.6 Å². The lowest BCUT2D eigenvalue weighted by molar-refractivity contribution is 0.613. The standard InChI is InChI=1S/C11H23N3S/c1-9(15-3)8-13-11(12-2)14-10-6-4-5-7-10/h9-10H,4-8H2,1-3H3,(H2,12,13,14). The highest BCUT2D eigenvalue weighted by Gasteiger charge is 2.15. The van der Waals surface area contributed by atoms with Gasteiger partial charge in [-0.15, -0.1) is 0 Å². The van der Waals surface area contributed by atoms with Crippen molar-refractivity contribution >= 4 is 17.7 Å². The van der Waals surface area contributed by atoms with Gasteiger partial charge in [0.15, 0.2) is 5.96 Å².